The number of H-pyrrole nitrogens is 1. The highest BCUT2D eigenvalue weighted by Gasteiger charge is 2.05. The summed E-state index contributed by atoms with van der Waals surface area (Å²) in [5.41, 5.74) is 1.24. The number of halogens is 1. The molecule has 1 N–H and O–H groups in total. The summed E-state index contributed by atoms with van der Waals surface area (Å²) < 4.78 is 4.94. The maximum absolute atomic E-state index is 11.6. The van der Waals surface area contributed by atoms with Crippen LogP contribution in [0.4, 0.5) is 0 Å². The molecule has 0 fully saturated rings. The zero-order valence-electron chi connectivity index (χ0n) is 11.2. The van der Waals surface area contributed by atoms with Crippen molar-refractivity contribution in [1.82, 2.24) is 15.2 Å². The van der Waals surface area contributed by atoms with Crippen molar-refractivity contribution in [2.45, 2.75) is 13.5 Å². The molecule has 2 rings (SSSR count). The van der Waals surface area contributed by atoms with Crippen molar-refractivity contribution in [2.24, 2.45) is 0 Å². The summed E-state index contributed by atoms with van der Waals surface area (Å²) in [6.45, 7) is 1.53. The number of hydrogen-bond acceptors (Lipinski definition) is 5. The molecular formula is C14H12ClN3O3. The highest BCUT2D eigenvalue weighted by Crippen LogP contribution is 2.08. The van der Waals surface area contributed by atoms with E-state index >= 15 is 0 Å². The summed E-state index contributed by atoms with van der Waals surface area (Å²) in [7, 11) is 0. The van der Waals surface area contributed by atoms with Gasteiger partial charge >= 0.3 is 5.97 Å². The number of carbonyl (C=O) groups excluding carboxylic acids is 1. The van der Waals surface area contributed by atoms with Gasteiger partial charge < -0.3 is 4.74 Å². The first-order valence-electron chi connectivity index (χ1n) is 6.06. The maximum atomic E-state index is 11.6. The molecule has 0 radical (unpaired) electrons. The summed E-state index contributed by atoms with van der Waals surface area (Å²) in [6, 6.07) is 4.70. The minimum Gasteiger partial charge on any atom is -0.456 e. The van der Waals surface area contributed by atoms with E-state index in [4.69, 9.17) is 16.3 Å². The monoisotopic (exact) mass is 305 g/mol. The standard InChI is InChI=1S/C14H12ClN3O3/c1-9-6-12(19)11(18-17-9)8-21-14(20)3-2-10-4-5-16-13(15)7-10/h2-7H,8H2,1H3,(H,17,19)/b3-2+. The van der Waals surface area contributed by atoms with Crippen LogP contribution in [0.5, 0.6) is 0 Å². The van der Waals surface area contributed by atoms with Crippen LogP contribution in [0.2, 0.25) is 5.15 Å². The number of pyridine rings is 1. The Morgan fingerprint density at radius 3 is 3.00 bits per heavy atom. The van der Waals surface area contributed by atoms with Crippen molar-refractivity contribution in [3.8, 4) is 0 Å². The van der Waals surface area contributed by atoms with Crippen LogP contribution in [0.25, 0.3) is 6.08 Å². The SMILES string of the molecule is Cc1cc(=O)c(COC(=O)/C=C/c2ccnc(Cl)c2)n[nH]1. The number of ether oxygens (including phenoxy) is 1. The highest BCUT2D eigenvalue weighted by molar-refractivity contribution is 6.29. The van der Waals surface area contributed by atoms with Crippen LogP contribution < -0.4 is 5.43 Å². The van der Waals surface area contributed by atoms with Gasteiger partial charge in [0.1, 0.15) is 17.5 Å². The second-order valence-electron chi connectivity index (χ2n) is 4.21. The van der Waals surface area contributed by atoms with E-state index in [-0.39, 0.29) is 17.7 Å². The van der Waals surface area contributed by atoms with Crippen LogP contribution in [-0.4, -0.2) is 21.2 Å². The van der Waals surface area contributed by atoms with Crippen molar-refractivity contribution >= 4 is 23.6 Å². The first kappa shape index (κ1) is 14.9. The van der Waals surface area contributed by atoms with Gasteiger partial charge in [0.2, 0.25) is 5.43 Å². The number of esters is 1. The maximum Gasteiger partial charge on any atom is 0.331 e. The van der Waals surface area contributed by atoms with Gasteiger partial charge in [-0.15, -0.1) is 0 Å². The highest BCUT2D eigenvalue weighted by atomic mass is 35.5. The lowest BCUT2D eigenvalue weighted by atomic mass is 10.2. The molecular weight excluding hydrogens is 294 g/mol. The molecule has 21 heavy (non-hydrogen) atoms. The molecule has 0 aromatic carbocycles. The fourth-order valence-corrected chi connectivity index (χ4v) is 1.68. The van der Waals surface area contributed by atoms with Crippen molar-refractivity contribution in [3.05, 3.63) is 62.8 Å². The van der Waals surface area contributed by atoms with Crippen LogP contribution in [0.3, 0.4) is 0 Å². The average molecular weight is 306 g/mol. The smallest absolute Gasteiger partial charge is 0.331 e. The van der Waals surface area contributed by atoms with E-state index in [2.05, 4.69) is 15.2 Å². The Bertz CT molecular complexity index is 740. The van der Waals surface area contributed by atoms with Crippen LogP contribution in [0.15, 0.2) is 35.3 Å². The number of aromatic amines is 1. The number of hydrogen-bond donors (Lipinski definition) is 1. The first-order valence-corrected chi connectivity index (χ1v) is 6.44. The number of nitrogens with one attached hydrogen (secondary N) is 1. The molecule has 6 nitrogen and oxygen atoms in total. The van der Waals surface area contributed by atoms with Gasteiger partial charge in [-0.2, -0.15) is 5.10 Å². The lowest BCUT2D eigenvalue weighted by Crippen LogP contribution is -2.15. The van der Waals surface area contributed by atoms with E-state index < -0.39 is 5.97 Å². The zero-order chi connectivity index (χ0) is 15.2. The molecule has 0 saturated carbocycles. The molecule has 0 atom stereocenters. The molecule has 0 aliphatic rings. The van der Waals surface area contributed by atoms with Gasteiger partial charge in [-0.05, 0) is 30.7 Å². The third kappa shape index (κ3) is 4.54. The van der Waals surface area contributed by atoms with Gasteiger partial charge in [0.05, 0.1) is 0 Å². The van der Waals surface area contributed by atoms with Crippen LogP contribution in [0.1, 0.15) is 17.0 Å². The van der Waals surface area contributed by atoms with E-state index in [9.17, 15) is 9.59 Å². The van der Waals surface area contributed by atoms with Crippen LogP contribution in [-0.2, 0) is 16.1 Å². The van der Waals surface area contributed by atoms with Crippen LogP contribution >= 0.6 is 11.6 Å². The molecule has 0 aliphatic heterocycles. The van der Waals surface area contributed by atoms with E-state index in [1.807, 2.05) is 0 Å². The molecule has 108 valence electrons. The fourth-order valence-electron chi connectivity index (χ4n) is 1.50. The molecule has 2 heterocycles. The number of aromatic nitrogens is 3. The third-order valence-corrected chi connectivity index (χ3v) is 2.72. The lowest BCUT2D eigenvalue weighted by Gasteiger charge is -2.01. The summed E-state index contributed by atoms with van der Waals surface area (Å²) in [5, 5.41) is 6.80. The zero-order valence-corrected chi connectivity index (χ0v) is 11.9. The topological polar surface area (TPSA) is 84.9 Å². The van der Waals surface area contributed by atoms with E-state index in [0.717, 1.165) is 5.56 Å². The van der Waals surface area contributed by atoms with E-state index in [1.54, 1.807) is 25.1 Å². The van der Waals surface area contributed by atoms with Crippen molar-refractivity contribution in [1.29, 1.82) is 0 Å². The number of aryl methyl sites for hydroxylation is 1. The Morgan fingerprint density at radius 2 is 2.29 bits per heavy atom. The largest absolute Gasteiger partial charge is 0.456 e. The molecule has 0 bridgehead atoms. The molecule has 7 heteroatoms. The summed E-state index contributed by atoms with van der Waals surface area (Å²) in [4.78, 5) is 26.9. The van der Waals surface area contributed by atoms with Crippen LogP contribution in [0, 0.1) is 6.92 Å². The predicted molar refractivity (Wildman–Crippen MR) is 77.7 cm³/mol. The predicted octanol–water partition coefficient (Wildman–Crippen LogP) is 1.88. The minimum atomic E-state index is -0.579. The third-order valence-electron chi connectivity index (χ3n) is 2.51. The molecule has 0 saturated heterocycles. The lowest BCUT2D eigenvalue weighted by molar-refractivity contribution is -0.139. The number of carbonyl (C=O) groups is 1. The molecule has 0 spiro atoms. The van der Waals surface area contributed by atoms with Crippen molar-refractivity contribution in [2.75, 3.05) is 0 Å². The average Bonchev–Trinajstić information content (AvgIpc) is 2.44. The Kier molecular flexibility index (Phi) is 4.84. The van der Waals surface area contributed by atoms with Gasteiger partial charge in [-0.25, -0.2) is 9.78 Å². The van der Waals surface area contributed by atoms with Gasteiger partial charge in [0, 0.05) is 24.0 Å². The Balaban J connectivity index is 1.94. The molecule has 0 amide bonds. The first-order chi connectivity index (χ1) is 10.0. The second kappa shape index (κ2) is 6.81. The van der Waals surface area contributed by atoms with Gasteiger partial charge in [0.15, 0.2) is 0 Å². The summed E-state index contributed by atoms with van der Waals surface area (Å²) >= 11 is 5.72. The number of rotatable bonds is 4. The normalized spacial score (nSPS) is 10.8. The van der Waals surface area contributed by atoms with Gasteiger partial charge in [0.25, 0.3) is 0 Å². The Morgan fingerprint density at radius 1 is 1.48 bits per heavy atom. The molecule has 0 unspecified atom stereocenters. The summed E-state index contributed by atoms with van der Waals surface area (Å²) in [5.74, 6) is -0.579. The quantitative estimate of drug-likeness (QED) is 0.529. The Hall–Kier alpha value is -2.47. The minimum absolute atomic E-state index is 0.148. The van der Waals surface area contributed by atoms with E-state index in [1.165, 1.54) is 18.3 Å². The second-order valence-corrected chi connectivity index (χ2v) is 4.60. The molecule has 0 aliphatic carbocycles. The number of nitrogens with zero attached hydrogens (tertiary/aromatic N) is 2. The Labute approximate surface area is 125 Å². The fraction of sp³-hybridized carbons (Fsp3) is 0.143. The van der Waals surface area contributed by atoms with Crippen molar-refractivity contribution in [3.63, 3.8) is 0 Å². The molecule has 2 aromatic heterocycles. The van der Waals surface area contributed by atoms with E-state index in [0.29, 0.717) is 10.8 Å². The molecule has 2 aromatic rings. The summed E-state index contributed by atoms with van der Waals surface area (Å²) in [6.07, 6.45) is 4.32. The van der Waals surface area contributed by atoms with Gasteiger partial charge in [-0.3, -0.25) is 9.89 Å². The van der Waals surface area contributed by atoms with Crippen molar-refractivity contribution < 1.29 is 9.53 Å². The van der Waals surface area contributed by atoms with Gasteiger partial charge in [-0.1, -0.05) is 11.6 Å².